The van der Waals surface area contributed by atoms with Crippen molar-refractivity contribution in [2.75, 3.05) is 52.0 Å². The lowest BCUT2D eigenvalue weighted by Crippen LogP contribution is -2.57. The first-order valence-electron chi connectivity index (χ1n) is 13.7. The molecule has 0 bridgehead atoms. The zero-order valence-corrected chi connectivity index (χ0v) is 29.3. The standard InChI is InChI=1S/C15H28N2O8S.C11H21NO6S/c1-11(18)16-8-7-9-26(21,22)24-10-15(5,12(19)23-6)17-13(20)25-14(2,3)4;1-9(13)12-6-5-7-19(15,16)18-8-11(2,3)10(14)17-4/h7-10H2,1-6H3,(H,16,18)(H,17,20);5-8H2,1-4H3,(H,12,13). The lowest BCUT2D eigenvalue weighted by molar-refractivity contribution is -0.152. The van der Waals surface area contributed by atoms with Gasteiger partial charge in [-0.15, -0.1) is 0 Å². The molecule has 0 aromatic carbocycles. The van der Waals surface area contributed by atoms with E-state index in [2.05, 4.69) is 25.4 Å². The van der Waals surface area contributed by atoms with Crippen LogP contribution >= 0.6 is 0 Å². The summed E-state index contributed by atoms with van der Waals surface area (Å²) in [5, 5.41) is 7.22. The molecule has 0 aliphatic carbocycles. The molecule has 0 heterocycles. The van der Waals surface area contributed by atoms with Crippen molar-refractivity contribution in [2.24, 2.45) is 5.41 Å². The normalized spacial score (nSPS) is 13.2. The van der Waals surface area contributed by atoms with Crippen LogP contribution in [0.3, 0.4) is 0 Å². The highest BCUT2D eigenvalue weighted by atomic mass is 32.2. The molecule has 264 valence electrons. The van der Waals surface area contributed by atoms with Gasteiger partial charge >= 0.3 is 18.0 Å². The molecule has 0 aromatic rings. The number of methoxy groups -OCH3 is 2. The summed E-state index contributed by atoms with van der Waals surface area (Å²) in [6.45, 7) is 11.4. The van der Waals surface area contributed by atoms with E-state index in [1.165, 1.54) is 41.7 Å². The minimum Gasteiger partial charge on any atom is -0.469 e. The Labute approximate surface area is 266 Å². The summed E-state index contributed by atoms with van der Waals surface area (Å²) in [6, 6.07) is 0. The monoisotopic (exact) mass is 691 g/mol. The highest BCUT2D eigenvalue weighted by Crippen LogP contribution is 2.19. The van der Waals surface area contributed by atoms with Gasteiger partial charge in [-0.2, -0.15) is 16.8 Å². The number of ether oxygens (including phenoxy) is 3. The molecule has 0 saturated carbocycles. The van der Waals surface area contributed by atoms with Crippen LogP contribution in [0.1, 0.15) is 68.2 Å². The van der Waals surface area contributed by atoms with Crippen LogP contribution in [0, 0.1) is 5.41 Å². The lowest BCUT2D eigenvalue weighted by atomic mass is 9.95. The summed E-state index contributed by atoms with van der Waals surface area (Å²) in [7, 11) is -5.37. The number of amides is 3. The van der Waals surface area contributed by atoms with E-state index < -0.39 is 61.4 Å². The van der Waals surface area contributed by atoms with Crippen molar-refractivity contribution in [1.29, 1.82) is 0 Å². The lowest BCUT2D eigenvalue weighted by Gasteiger charge is -2.29. The first-order chi connectivity index (χ1) is 20.3. The van der Waals surface area contributed by atoms with Gasteiger partial charge in [-0.1, -0.05) is 0 Å². The summed E-state index contributed by atoms with van der Waals surface area (Å²) in [4.78, 5) is 56.6. The molecule has 17 nitrogen and oxygen atoms in total. The van der Waals surface area contributed by atoms with Crippen molar-refractivity contribution in [1.82, 2.24) is 16.0 Å². The molecule has 1 atom stereocenters. The number of hydrogen-bond donors (Lipinski definition) is 3. The highest BCUT2D eigenvalue weighted by Gasteiger charge is 2.39. The van der Waals surface area contributed by atoms with Crippen LogP contribution in [0.25, 0.3) is 0 Å². The maximum atomic E-state index is 12.0. The molecule has 19 heteroatoms. The number of esters is 2. The smallest absolute Gasteiger partial charge is 0.408 e. The minimum absolute atomic E-state index is 0.135. The Morgan fingerprint density at radius 1 is 0.644 bits per heavy atom. The van der Waals surface area contributed by atoms with Crippen LogP contribution in [-0.2, 0) is 62.0 Å². The van der Waals surface area contributed by atoms with Crippen molar-refractivity contribution in [3.05, 3.63) is 0 Å². The zero-order valence-electron chi connectivity index (χ0n) is 27.7. The molecule has 45 heavy (non-hydrogen) atoms. The average molecular weight is 692 g/mol. The first kappa shape index (κ1) is 44.1. The third-order valence-corrected chi connectivity index (χ3v) is 7.70. The van der Waals surface area contributed by atoms with Crippen LogP contribution in [-0.4, -0.2) is 110 Å². The van der Waals surface area contributed by atoms with E-state index >= 15 is 0 Å². The molecular weight excluding hydrogens is 642 g/mol. The third-order valence-electron chi connectivity index (χ3n) is 5.17. The van der Waals surface area contributed by atoms with Crippen molar-refractivity contribution in [3.63, 3.8) is 0 Å². The van der Waals surface area contributed by atoms with E-state index in [1.54, 1.807) is 20.8 Å². The molecule has 0 fully saturated rings. The first-order valence-corrected chi connectivity index (χ1v) is 16.9. The topological polar surface area (TPSA) is 236 Å². The molecular formula is C26H49N3O14S2. The number of carbonyl (C=O) groups excluding carboxylic acids is 5. The molecule has 0 aromatic heterocycles. The van der Waals surface area contributed by atoms with Gasteiger partial charge in [0.25, 0.3) is 20.2 Å². The van der Waals surface area contributed by atoms with Crippen molar-refractivity contribution in [2.45, 2.75) is 79.4 Å². The summed E-state index contributed by atoms with van der Waals surface area (Å²) in [5.41, 5.74) is -3.60. The van der Waals surface area contributed by atoms with Gasteiger partial charge in [-0.25, -0.2) is 9.59 Å². The predicted octanol–water partition coefficient (Wildman–Crippen LogP) is 0.374. The summed E-state index contributed by atoms with van der Waals surface area (Å²) in [5.74, 6) is -2.51. The van der Waals surface area contributed by atoms with E-state index in [9.17, 15) is 40.8 Å². The maximum Gasteiger partial charge on any atom is 0.408 e. The van der Waals surface area contributed by atoms with E-state index in [0.717, 1.165) is 7.11 Å². The second kappa shape index (κ2) is 19.5. The van der Waals surface area contributed by atoms with Crippen LogP contribution in [0.4, 0.5) is 4.79 Å². The fourth-order valence-corrected chi connectivity index (χ4v) is 4.95. The average Bonchev–Trinajstić information content (AvgIpc) is 2.89. The Balaban J connectivity index is 0. The summed E-state index contributed by atoms with van der Waals surface area (Å²) < 4.78 is 70.8. The van der Waals surface area contributed by atoms with Gasteiger partial charge in [0.1, 0.15) is 12.2 Å². The van der Waals surface area contributed by atoms with Gasteiger partial charge in [-0.3, -0.25) is 22.7 Å². The van der Waals surface area contributed by atoms with E-state index in [4.69, 9.17) is 13.1 Å². The quantitative estimate of drug-likeness (QED) is 0.0809. The Kier molecular flexibility index (Phi) is 19.1. The van der Waals surface area contributed by atoms with E-state index in [-0.39, 0.29) is 55.9 Å². The Bertz CT molecular complexity index is 1210. The minimum atomic E-state index is -3.98. The van der Waals surface area contributed by atoms with Crippen molar-refractivity contribution < 1.29 is 63.4 Å². The van der Waals surface area contributed by atoms with Gasteiger partial charge in [0, 0.05) is 26.9 Å². The Morgan fingerprint density at radius 3 is 1.40 bits per heavy atom. The Hall–Kier alpha value is -3.03. The Morgan fingerprint density at radius 2 is 1.04 bits per heavy atom. The summed E-state index contributed by atoms with van der Waals surface area (Å²) >= 11 is 0. The number of carbonyl (C=O) groups is 5. The van der Waals surface area contributed by atoms with E-state index in [0.29, 0.717) is 0 Å². The fourth-order valence-electron chi connectivity index (χ4n) is 2.82. The molecule has 0 rings (SSSR count). The van der Waals surface area contributed by atoms with E-state index in [1.807, 2.05) is 0 Å². The molecule has 3 amide bonds. The molecule has 0 aliphatic heterocycles. The molecule has 1 unspecified atom stereocenters. The second-order valence-electron chi connectivity index (χ2n) is 11.5. The fraction of sp³-hybridized carbons (Fsp3) is 0.808. The number of alkyl carbamates (subject to hydrolysis) is 1. The SMILES string of the molecule is COC(=O)C(C)(C)COS(=O)(=O)CCCNC(C)=O.COC(=O)C(C)(COS(=O)(=O)CCCNC(C)=O)NC(=O)OC(C)(C)C. The zero-order chi connectivity index (χ0) is 35.7. The van der Waals surface area contributed by atoms with Crippen molar-refractivity contribution >= 4 is 50.1 Å². The number of rotatable bonds is 17. The van der Waals surface area contributed by atoms with Crippen LogP contribution in [0.5, 0.6) is 0 Å². The number of hydrogen-bond acceptors (Lipinski definition) is 14. The van der Waals surface area contributed by atoms with Crippen LogP contribution < -0.4 is 16.0 Å². The van der Waals surface area contributed by atoms with Crippen LogP contribution in [0.2, 0.25) is 0 Å². The molecule has 3 N–H and O–H groups in total. The van der Waals surface area contributed by atoms with Gasteiger partial charge in [0.05, 0.1) is 37.7 Å². The van der Waals surface area contributed by atoms with Gasteiger partial charge in [-0.05, 0) is 54.4 Å². The van der Waals surface area contributed by atoms with Gasteiger partial charge in [0.2, 0.25) is 11.8 Å². The molecule has 0 spiro atoms. The molecule has 0 aliphatic rings. The molecule has 0 saturated heterocycles. The predicted molar refractivity (Wildman–Crippen MR) is 162 cm³/mol. The van der Waals surface area contributed by atoms with Gasteiger partial charge in [0.15, 0.2) is 5.54 Å². The summed E-state index contributed by atoms with van der Waals surface area (Å²) in [6.07, 6.45) is -0.534. The largest absolute Gasteiger partial charge is 0.469 e. The van der Waals surface area contributed by atoms with Crippen molar-refractivity contribution in [3.8, 4) is 0 Å². The van der Waals surface area contributed by atoms with Crippen LogP contribution in [0.15, 0.2) is 0 Å². The van der Waals surface area contributed by atoms with Gasteiger partial charge < -0.3 is 30.2 Å². The highest BCUT2D eigenvalue weighted by molar-refractivity contribution is 7.86. The third kappa shape index (κ3) is 22.2. The number of nitrogens with one attached hydrogen (secondary N) is 3. The maximum absolute atomic E-state index is 12.0. The second-order valence-corrected chi connectivity index (χ2v) is 15.1. The molecule has 0 radical (unpaired) electrons.